The average molecular weight is 390 g/mol. The lowest BCUT2D eigenvalue weighted by molar-refractivity contribution is 0.508. The maximum absolute atomic E-state index is 6.07. The van der Waals surface area contributed by atoms with Crippen LogP contribution in [-0.2, 0) is 25.6 Å². The van der Waals surface area contributed by atoms with Crippen molar-refractivity contribution in [3.63, 3.8) is 0 Å². The van der Waals surface area contributed by atoms with Gasteiger partial charge in [0, 0.05) is 33.6 Å². The van der Waals surface area contributed by atoms with Gasteiger partial charge in [-0.05, 0) is 48.4 Å². The molecule has 2 aromatic heterocycles. The molecule has 1 unspecified atom stereocenters. The van der Waals surface area contributed by atoms with Crippen LogP contribution in [0.5, 0.6) is 0 Å². The second kappa shape index (κ2) is 7.14. The molecule has 1 aromatic carbocycles. The van der Waals surface area contributed by atoms with Crippen LogP contribution in [0.3, 0.4) is 0 Å². The predicted octanol–water partition coefficient (Wildman–Crippen LogP) is 5.61. The van der Waals surface area contributed by atoms with Crippen molar-refractivity contribution in [3.8, 4) is 11.4 Å². The Morgan fingerprint density at radius 1 is 1.36 bits per heavy atom. The second-order valence-corrected chi connectivity index (χ2v) is 9.03. The van der Waals surface area contributed by atoms with Gasteiger partial charge < -0.3 is 4.57 Å². The molecule has 0 spiro atoms. The number of hydrogen-bond donors (Lipinski definition) is 0. The van der Waals surface area contributed by atoms with Crippen molar-refractivity contribution in [3.05, 3.63) is 50.7 Å². The summed E-state index contributed by atoms with van der Waals surface area (Å²) in [4.78, 5) is 1.53. The number of aromatic nitrogens is 3. The molecule has 25 heavy (non-hydrogen) atoms. The zero-order valence-corrected chi connectivity index (χ0v) is 16.7. The maximum atomic E-state index is 6.07. The molecular weight excluding hydrogens is 370 g/mol. The number of thioether (sulfide) groups is 1. The molecule has 0 bridgehead atoms. The fraction of sp³-hybridized carbons (Fsp3) is 0.368. The molecular formula is C19H20ClN3S2. The minimum Gasteiger partial charge on any atom is -0.305 e. The third-order valence-electron chi connectivity index (χ3n) is 4.73. The molecule has 130 valence electrons. The standard InChI is InChI=1S/C19H20ClN3S2/c1-12-6-7-15-16(11-24-17(15)8-12)18-21-22-19(23(18)2)25-10-13-4-3-5-14(20)9-13/h3-5,9,11-12H,6-8,10H2,1-2H3. The lowest BCUT2D eigenvalue weighted by Crippen LogP contribution is -2.09. The van der Waals surface area contributed by atoms with Gasteiger partial charge in [-0.25, -0.2) is 0 Å². The zero-order chi connectivity index (χ0) is 17.4. The first-order valence-electron chi connectivity index (χ1n) is 8.48. The lowest BCUT2D eigenvalue weighted by atomic mass is 9.88. The first kappa shape index (κ1) is 17.1. The number of fused-ring (bicyclic) bond motifs is 1. The van der Waals surface area contributed by atoms with Crippen molar-refractivity contribution in [2.75, 3.05) is 0 Å². The van der Waals surface area contributed by atoms with Crippen molar-refractivity contribution in [2.24, 2.45) is 13.0 Å². The summed E-state index contributed by atoms with van der Waals surface area (Å²) in [6.07, 6.45) is 3.63. The average Bonchev–Trinajstić information content (AvgIpc) is 3.16. The van der Waals surface area contributed by atoms with E-state index in [-0.39, 0.29) is 0 Å². The summed E-state index contributed by atoms with van der Waals surface area (Å²) < 4.78 is 2.12. The summed E-state index contributed by atoms with van der Waals surface area (Å²) >= 11 is 9.64. The second-order valence-electron chi connectivity index (χ2n) is 6.68. The zero-order valence-electron chi connectivity index (χ0n) is 14.3. The van der Waals surface area contributed by atoms with E-state index < -0.39 is 0 Å². The SMILES string of the molecule is CC1CCc2c(-c3nnc(SCc4cccc(Cl)c4)n3C)csc2C1. The van der Waals surface area contributed by atoms with E-state index in [4.69, 9.17) is 11.6 Å². The molecule has 3 aromatic rings. The summed E-state index contributed by atoms with van der Waals surface area (Å²) in [6.45, 7) is 2.34. The molecule has 4 rings (SSSR count). The van der Waals surface area contributed by atoms with Crippen LogP contribution in [0.2, 0.25) is 5.02 Å². The highest BCUT2D eigenvalue weighted by Crippen LogP contribution is 2.38. The van der Waals surface area contributed by atoms with E-state index in [1.54, 1.807) is 11.8 Å². The van der Waals surface area contributed by atoms with E-state index >= 15 is 0 Å². The topological polar surface area (TPSA) is 30.7 Å². The molecule has 1 aliphatic carbocycles. The summed E-state index contributed by atoms with van der Waals surface area (Å²) in [5.41, 5.74) is 3.96. The van der Waals surface area contributed by atoms with Crippen LogP contribution in [-0.4, -0.2) is 14.8 Å². The van der Waals surface area contributed by atoms with E-state index in [0.29, 0.717) is 0 Å². The molecule has 6 heteroatoms. The Labute approximate surface area is 161 Å². The van der Waals surface area contributed by atoms with Crippen LogP contribution >= 0.6 is 34.7 Å². The van der Waals surface area contributed by atoms with Crippen LogP contribution < -0.4 is 0 Å². The number of halogens is 1. The van der Waals surface area contributed by atoms with Crippen LogP contribution in [0.25, 0.3) is 11.4 Å². The van der Waals surface area contributed by atoms with Gasteiger partial charge in [-0.2, -0.15) is 0 Å². The van der Waals surface area contributed by atoms with Gasteiger partial charge in [-0.15, -0.1) is 21.5 Å². The molecule has 0 aliphatic heterocycles. The number of nitrogens with zero attached hydrogens (tertiary/aromatic N) is 3. The highest BCUT2D eigenvalue weighted by Gasteiger charge is 2.23. The Balaban J connectivity index is 1.55. The largest absolute Gasteiger partial charge is 0.305 e. The quantitative estimate of drug-likeness (QED) is 0.543. The smallest absolute Gasteiger partial charge is 0.191 e. The van der Waals surface area contributed by atoms with Gasteiger partial charge in [0.25, 0.3) is 0 Å². The number of rotatable bonds is 4. The van der Waals surface area contributed by atoms with E-state index in [2.05, 4.69) is 40.2 Å². The molecule has 0 radical (unpaired) electrons. The maximum Gasteiger partial charge on any atom is 0.191 e. The first-order valence-corrected chi connectivity index (χ1v) is 10.7. The third-order valence-corrected chi connectivity index (χ3v) is 7.11. The molecule has 1 aliphatic rings. The van der Waals surface area contributed by atoms with E-state index in [1.807, 2.05) is 29.5 Å². The lowest BCUT2D eigenvalue weighted by Gasteiger charge is -2.18. The van der Waals surface area contributed by atoms with Crippen molar-refractivity contribution in [2.45, 2.75) is 37.1 Å². The number of thiophene rings is 1. The summed E-state index contributed by atoms with van der Waals surface area (Å²) in [7, 11) is 2.06. The van der Waals surface area contributed by atoms with Crippen molar-refractivity contribution < 1.29 is 0 Å². The minimum absolute atomic E-state index is 0.774. The van der Waals surface area contributed by atoms with Gasteiger partial charge >= 0.3 is 0 Å². The monoisotopic (exact) mass is 389 g/mol. The van der Waals surface area contributed by atoms with Gasteiger partial charge in [0.2, 0.25) is 0 Å². The van der Waals surface area contributed by atoms with Crippen LogP contribution in [0.4, 0.5) is 0 Å². The number of benzene rings is 1. The Morgan fingerprint density at radius 3 is 3.08 bits per heavy atom. The fourth-order valence-electron chi connectivity index (χ4n) is 3.31. The van der Waals surface area contributed by atoms with Crippen molar-refractivity contribution in [1.29, 1.82) is 0 Å². The molecule has 0 amide bonds. The van der Waals surface area contributed by atoms with Crippen LogP contribution in [0.15, 0.2) is 34.8 Å². The summed E-state index contributed by atoms with van der Waals surface area (Å²) in [5, 5.41) is 12.9. The molecule has 0 saturated carbocycles. The van der Waals surface area contributed by atoms with Gasteiger partial charge in [0.15, 0.2) is 11.0 Å². The van der Waals surface area contributed by atoms with Gasteiger partial charge in [-0.3, -0.25) is 0 Å². The predicted molar refractivity (Wildman–Crippen MR) is 107 cm³/mol. The first-order chi connectivity index (χ1) is 12.1. The third kappa shape index (κ3) is 3.50. The highest BCUT2D eigenvalue weighted by molar-refractivity contribution is 7.98. The number of hydrogen-bond acceptors (Lipinski definition) is 4. The summed E-state index contributed by atoms with van der Waals surface area (Å²) in [6, 6.07) is 7.98. The summed E-state index contributed by atoms with van der Waals surface area (Å²) in [5.74, 6) is 2.62. The molecule has 0 saturated heterocycles. The minimum atomic E-state index is 0.774. The normalized spacial score (nSPS) is 16.8. The molecule has 1 atom stereocenters. The Kier molecular flexibility index (Phi) is 4.89. The Morgan fingerprint density at radius 2 is 2.24 bits per heavy atom. The van der Waals surface area contributed by atoms with E-state index in [9.17, 15) is 0 Å². The van der Waals surface area contributed by atoms with Gasteiger partial charge in [0.1, 0.15) is 0 Å². The van der Waals surface area contributed by atoms with Crippen molar-refractivity contribution >= 4 is 34.7 Å². The molecule has 3 nitrogen and oxygen atoms in total. The molecule has 0 fully saturated rings. The fourth-order valence-corrected chi connectivity index (χ4v) is 5.62. The van der Waals surface area contributed by atoms with Gasteiger partial charge in [0.05, 0.1) is 0 Å². The Hall–Kier alpha value is -1.30. The Bertz CT molecular complexity index is 900. The van der Waals surface area contributed by atoms with E-state index in [1.165, 1.54) is 34.4 Å². The van der Waals surface area contributed by atoms with Crippen LogP contribution in [0, 0.1) is 5.92 Å². The molecule has 2 heterocycles. The van der Waals surface area contributed by atoms with Gasteiger partial charge in [-0.1, -0.05) is 42.4 Å². The van der Waals surface area contributed by atoms with E-state index in [0.717, 1.165) is 34.1 Å². The molecule has 0 N–H and O–H groups in total. The van der Waals surface area contributed by atoms with Crippen molar-refractivity contribution in [1.82, 2.24) is 14.8 Å². The highest BCUT2D eigenvalue weighted by atomic mass is 35.5. The van der Waals surface area contributed by atoms with Crippen LogP contribution in [0.1, 0.15) is 29.3 Å².